The number of aromatic nitrogens is 2. The van der Waals surface area contributed by atoms with Crippen molar-refractivity contribution in [1.29, 1.82) is 0 Å². The number of carbonyl (C=O) groups is 2. The van der Waals surface area contributed by atoms with Crippen LogP contribution in [0, 0.1) is 6.92 Å². The predicted octanol–water partition coefficient (Wildman–Crippen LogP) is 1.07. The number of imidazole rings is 1. The molecule has 28 heavy (non-hydrogen) atoms. The van der Waals surface area contributed by atoms with Crippen molar-refractivity contribution >= 4 is 52.9 Å². The van der Waals surface area contributed by atoms with E-state index < -0.39 is 0 Å². The van der Waals surface area contributed by atoms with Crippen molar-refractivity contribution in [3.63, 3.8) is 0 Å². The summed E-state index contributed by atoms with van der Waals surface area (Å²) < 4.78 is 2.21. The number of guanidine groups is 1. The highest BCUT2D eigenvalue weighted by Crippen LogP contribution is 2.15. The van der Waals surface area contributed by atoms with E-state index in [1.807, 2.05) is 25.1 Å². The molecule has 0 aliphatic carbocycles. The molecule has 0 bridgehead atoms. The highest BCUT2D eigenvalue weighted by molar-refractivity contribution is 14.0. The molecule has 1 aliphatic rings. The summed E-state index contributed by atoms with van der Waals surface area (Å²) in [5, 5.41) is 8.87. The van der Waals surface area contributed by atoms with Crippen LogP contribution < -0.4 is 16.0 Å². The van der Waals surface area contributed by atoms with Gasteiger partial charge in [-0.1, -0.05) is 12.1 Å². The van der Waals surface area contributed by atoms with Crippen LogP contribution in [0.15, 0.2) is 29.3 Å². The van der Waals surface area contributed by atoms with Gasteiger partial charge in [-0.05, 0) is 25.5 Å². The summed E-state index contributed by atoms with van der Waals surface area (Å²) in [7, 11) is 1.69. The second-order valence-electron chi connectivity index (χ2n) is 6.28. The molecule has 2 heterocycles. The number of aliphatic imine (C=N–C) groups is 1. The molecule has 3 rings (SSSR count). The minimum absolute atomic E-state index is 0. The van der Waals surface area contributed by atoms with Gasteiger partial charge in [-0.2, -0.15) is 0 Å². The fourth-order valence-electron chi connectivity index (χ4n) is 3.11. The van der Waals surface area contributed by atoms with E-state index in [1.54, 1.807) is 7.05 Å². The molecule has 9 nitrogen and oxygen atoms in total. The molecule has 2 aromatic rings. The maximum absolute atomic E-state index is 11.5. The van der Waals surface area contributed by atoms with Crippen molar-refractivity contribution in [3.05, 3.63) is 30.1 Å². The van der Waals surface area contributed by atoms with E-state index in [-0.39, 0.29) is 42.5 Å². The number of fused-ring (bicyclic) bond motifs is 1. The van der Waals surface area contributed by atoms with Crippen molar-refractivity contribution in [2.45, 2.75) is 19.9 Å². The van der Waals surface area contributed by atoms with Crippen molar-refractivity contribution in [3.8, 4) is 0 Å². The number of rotatable bonds is 7. The zero-order valence-electron chi connectivity index (χ0n) is 16.1. The van der Waals surface area contributed by atoms with Crippen LogP contribution in [0.2, 0.25) is 0 Å². The second-order valence-corrected chi connectivity index (χ2v) is 6.28. The summed E-state index contributed by atoms with van der Waals surface area (Å²) in [5.41, 5.74) is 2.16. The largest absolute Gasteiger partial charge is 0.356 e. The molecule has 0 atom stereocenters. The van der Waals surface area contributed by atoms with Gasteiger partial charge in [0.2, 0.25) is 5.91 Å². The smallest absolute Gasteiger partial charge is 0.324 e. The molecule has 3 N–H and O–H groups in total. The summed E-state index contributed by atoms with van der Waals surface area (Å²) in [4.78, 5) is 33.0. The maximum Gasteiger partial charge on any atom is 0.324 e. The molecule has 0 radical (unpaired) electrons. The summed E-state index contributed by atoms with van der Waals surface area (Å²) in [5.74, 6) is 1.45. The van der Waals surface area contributed by atoms with Gasteiger partial charge in [-0.25, -0.2) is 9.78 Å². The number of hydrogen-bond donors (Lipinski definition) is 3. The number of nitrogens with one attached hydrogen (secondary N) is 3. The molecule has 1 fully saturated rings. The van der Waals surface area contributed by atoms with E-state index in [2.05, 4.69) is 36.6 Å². The molecular weight excluding hydrogens is 473 g/mol. The first-order valence-corrected chi connectivity index (χ1v) is 9.04. The Morgan fingerprint density at radius 3 is 2.68 bits per heavy atom. The number of halogens is 1. The molecule has 10 heteroatoms. The number of benzene rings is 1. The van der Waals surface area contributed by atoms with Gasteiger partial charge in [0.15, 0.2) is 5.96 Å². The van der Waals surface area contributed by atoms with Crippen LogP contribution >= 0.6 is 24.0 Å². The average Bonchev–Trinajstić information content (AvgIpc) is 3.16. The Kier molecular flexibility index (Phi) is 8.03. The summed E-state index contributed by atoms with van der Waals surface area (Å²) in [6.07, 6.45) is 0.912. The van der Waals surface area contributed by atoms with Gasteiger partial charge in [-0.15, -0.1) is 24.0 Å². The van der Waals surface area contributed by atoms with Crippen LogP contribution in [0.25, 0.3) is 11.0 Å². The fraction of sp³-hybridized carbons (Fsp3) is 0.444. The molecule has 0 spiro atoms. The Labute approximate surface area is 181 Å². The van der Waals surface area contributed by atoms with Gasteiger partial charge >= 0.3 is 6.03 Å². The van der Waals surface area contributed by atoms with Crippen molar-refractivity contribution in [2.24, 2.45) is 4.99 Å². The monoisotopic (exact) mass is 499 g/mol. The van der Waals surface area contributed by atoms with Crippen molar-refractivity contribution < 1.29 is 9.59 Å². The standard InChI is InChI=1S/C18H25N7O2.HI/c1-13-23-14-6-3-4-7-15(14)24(13)10-5-8-20-17(19-2)21-9-11-25-16(26)12-22-18(25)27;/h3-4,6-7H,5,8-12H2,1-2H3,(H,22,27)(H2,19,20,21);1H. The molecule has 1 aromatic heterocycles. The predicted molar refractivity (Wildman–Crippen MR) is 119 cm³/mol. The van der Waals surface area contributed by atoms with Crippen LogP contribution in [0.4, 0.5) is 4.79 Å². The Morgan fingerprint density at radius 2 is 1.96 bits per heavy atom. The van der Waals surface area contributed by atoms with E-state index in [4.69, 9.17) is 0 Å². The first kappa shape index (κ1) is 21.9. The highest BCUT2D eigenvalue weighted by atomic mass is 127. The SMILES string of the molecule is CN=C(NCCCn1c(C)nc2ccccc21)NCCN1C(=O)CNC1=O.I. The molecule has 1 aliphatic heterocycles. The first-order valence-electron chi connectivity index (χ1n) is 9.04. The molecular formula is C18H26IN7O2. The topological polar surface area (TPSA) is 104 Å². The lowest BCUT2D eigenvalue weighted by molar-refractivity contribution is -0.124. The zero-order chi connectivity index (χ0) is 19.2. The number of hydrogen-bond acceptors (Lipinski definition) is 4. The van der Waals surface area contributed by atoms with Gasteiger partial charge in [0.05, 0.1) is 17.6 Å². The lowest BCUT2D eigenvalue weighted by Crippen LogP contribution is -2.43. The van der Waals surface area contributed by atoms with Gasteiger partial charge in [0.25, 0.3) is 0 Å². The molecule has 1 aromatic carbocycles. The first-order chi connectivity index (χ1) is 13.1. The third kappa shape index (κ3) is 5.12. The van der Waals surface area contributed by atoms with Crippen molar-refractivity contribution in [1.82, 2.24) is 30.4 Å². The van der Waals surface area contributed by atoms with Crippen LogP contribution in [0.3, 0.4) is 0 Å². The Morgan fingerprint density at radius 1 is 1.21 bits per heavy atom. The zero-order valence-corrected chi connectivity index (χ0v) is 18.4. The van der Waals surface area contributed by atoms with Gasteiger partial charge in [0.1, 0.15) is 5.82 Å². The minimum atomic E-state index is -0.340. The lowest BCUT2D eigenvalue weighted by Gasteiger charge is -2.15. The number of aryl methyl sites for hydroxylation is 2. The maximum atomic E-state index is 11.5. The summed E-state index contributed by atoms with van der Waals surface area (Å²) in [6.45, 7) is 4.46. The van der Waals surface area contributed by atoms with Crippen LogP contribution in [0.5, 0.6) is 0 Å². The molecule has 3 amide bonds. The van der Waals surface area contributed by atoms with Crippen LogP contribution in [-0.2, 0) is 11.3 Å². The average molecular weight is 499 g/mol. The Bertz CT molecular complexity index is 849. The van der Waals surface area contributed by atoms with E-state index in [1.165, 1.54) is 4.90 Å². The van der Waals surface area contributed by atoms with Crippen LogP contribution in [0.1, 0.15) is 12.2 Å². The van der Waals surface area contributed by atoms with Crippen LogP contribution in [-0.4, -0.2) is 65.6 Å². The molecule has 0 unspecified atom stereocenters. The molecule has 152 valence electrons. The number of imide groups is 1. The van der Waals surface area contributed by atoms with Gasteiger partial charge in [-0.3, -0.25) is 14.7 Å². The third-order valence-electron chi connectivity index (χ3n) is 4.48. The number of carbonyl (C=O) groups excluding carboxylic acids is 2. The normalized spacial score (nSPS) is 14.2. The number of nitrogens with zero attached hydrogens (tertiary/aromatic N) is 4. The number of amides is 3. The number of para-hydroxylation sites is 2. The second kappa shape index (κ2) is 10.2. The molecule has 0 saturated carbocycles. The quantitative estimate of drug-likeness (QED) is 0.174. The third-order valence-corrected chi connectivity index (χ3v) is 4.48. The van der Waals surface area contributed by atoms with Gasteiger partial charge in [0, 0.05) is 33.2 Å². The minimum Gasteiger partial charge on any atom is -0.356 e. The van der Waals surface area contributed by atoms with E-state index >= 15 is 0 Å². The molecule has 1 saturated heterocycles. The van der Waals surface area contributed by atoms with E-state index in [0.717, 1.165) is 36.4 Å². The van der Waals surface area contributed by atoms with E-state index in [9.17, 15) is 9.59 Å². The fourth-order valence-corrected chi connectivity index (χ4v) is 3.11. The summed E-state index contributed by atoms with van der Waals surface area (Å²) in [6, 6.07) is 7.78. The highest BCUT2D eigenvalue weighted by Gasteiger charge is 2.27. The lowest BCUT2D eigenvalue weighted by atomic mass is 10.3. The summed E-state index contributed by atoms with van der Waals surface area (Å²) >= 11 is 0. The number of urea groups is 1. The Hall–Kier alpha value is -2.37. The van der Waals surface area contributed by atoms with Gasteiger partial charge < -0.3 is 20.5 Å². The van der Waals surface area contributed by atoms with E-state index in [0.29, 0.717) is 19.0 Å². The van der Waals surface area contributed by atoms with Crippen molar-refractivity contribution in [2.75, 3.05) is 33.2 Å². The Balaban J connectivity index is 0.00000280.